The Kier molecular flexibility index (Phi) is 4.70. The number of hydrogen-bond acceptors (Lipinski definition) is 2. The van der Waals surface area contributed by atoms with Crippen LogP contribution < -0.4 is 4.74 Å². The largest absolute Gasteiger partial charge is 0.478 e. The first-order chi connectivity index (χ1) is 9.97. The lowest BCUT2D eigenvalue weighted by molar-refractivity contribution is -0.131. The smallest absolute Gasteiger partial charge is 0.328 e. The fourth-order valence-electron chi connectivity index (χ4n) is 1.60. The van der Waals surface area contributed by atoms with Crippen LogP contribution in [0.15, 0.2) is 46.9 Å². The van der Waals surface area contributed by atoms with E-state index in [1.165, 1.54) is 24.3 Å². The van der Waals surface area contributed by atoms with Crippen molar-refractivity contribution in [3.05, 3.63) is 64.1 Å². The summed E-state index contributed by atoms with van der Waals surface area (Å²) in [5, 5.41) is 8.61. The molecule has 0 amide bonds. The highest BCUT2D eigenvalue weighted by atomic mass is 79.9. The van der Waals surface area contributed by atoms with Crippen LogP contribution in [0.2, 0.25) is 0 Å². The Labute approximate surface area is 127 Å². The van der Waals surface area contributed by atoms with Crippen LogP contribution in [0.3, 0.4) is 0 Å². The maximum absolute atomic E-state index is 13.7. The minimum absolute atomic E-state index is 0.0220. The normalized spacial score (nSPS) is 10.8. The first-order valence-corrected chi connectivity index (χ1v) is 6.59. The summed E-state index contributed by atoms with van der Waals surface area (Å²) in [4.78, 5) is 10.5. The Morgan fingerprint density at radius 3 is 2.57 bits per heavy atom. The van der Waals surface area contributed by atoms with Gasteiger partial charge in [0.2, 0.25) is 0 Å². The van der Waals surface area contributed by atoms with Crippen molar-refractivity contribution in [1.82, 2.24) is 0 Å². The summed E-state index contributed by atoms with van der Waals surface area (Å²) in [6.45, 7) is 0. The molecule has 0 spiro atoms. The molecule has 0 aliphatic heterocycles. The topological polar surface area (TPSA) is 46.5 Å². The third kappa shape index (κ3) is 3.88. The molecule has 0 aliphatic carbocycles. The molecule has 2 aromatic carbocycles. The van der Waals surface area contributed by atoms with E-state index < -0.39 is 17.6 Å². The number of rotatable bonds is 4. The van der Waals surface area contributed by atoms with Crippen molar-refractivity contribution < 1.29 is 23.4 Å². The molecule has 21 heavy (non-hydrogen) atoms. The molecular weight excluding hydrogens is 346 g/mol. The quantitative estimate of drug-likeness (QED) is 0.815. The van der Waals surface area contributed by atoms with E-state index in [-0.39, 0.29) is 17.1 Å². The molecule has 2 aromatic rings. The SMILES string of the molecule is O=C(O)/C=C/c1c(F)cccc1Oc1ccc(Br)cc1F. The van der Waals surface area contributed by atoms with E-state index >= 15 is 0 Å². The number of benzene rings is 2. The van der Waals surface area contributed by atoms with Crippen LogP contribution in [0, 0.1) is 11.6 Å². The van der Waals surface area contributed by atoms with Gasteiger partial charge in [-0.1, -0.05) is 22.0 Å². The molecule has 0 saturated heterocycles. The molecule has 0 bridgehead atoms. The van der Waals surface area contributed by atoms with E-state index in [2.05, 4.69) is 15.9 Å². The summed E-state index contributed by atoms with van der Waals surface area (Å²) in [7, 11) is 0. The summed E-state index contributed by atoms with van der Waals surface area (Å²) in [6, 6.07) is 8.14. The van der Waals surface area contributed by atoms with Crippen molar-refractivity contribution in [3.8, 4) is 11.5 Å². The summed E-state index contributed by atoms with van der Waals surface area (Å²) >= 11 is 3.12. The van der Waals surface area contributed by atoms with E-state index in [9.17, 15) is 13.6 Å². The lowest BCUT2D eigenvalue weighted by Crippen LogP contribution is -1.94. The molecule has 1 N–H and O–H groups in total. The van der Waals surface area contributed by atoms with Crippen molar-refractivity contribution in [2.45, 2.75) is 0 Å². The third-order valence-corrected chi connectivity index (χ3v) is 3.01. The van der Waals surface area contributed by atoms with Crippen LogP contribution in [0.1, 0.15) is 5.56 Å². The van der Waals surface area contributed by atoms with Gasteiger partial charge in [0.15, 0.2) is 11.6 Å². The molecule has 2 rings (SSSR count). The second-order valence-corrected chi connectivity index (χ2v) is 4.92. The van der Waals surface area contributed by atoms with Gasteiger partial charge in [0.25, 0.3) is 0 Å². The highest BCUT2D eigenvalue weighted by Crippen LogP contribution is 2.31. The highest BCUT2D eigenvalue weighted by Gasteiger charge is 2.11. The molecule has 0 saturated carbocycles. The molecule has 0 heterocycles. The zero-order valence-corrected chi connectivity index (χ0v) is 12.1. The zero-order chi connectivity index (χ0) is 15.4. The Morgan fingerprint density at radius 2 is 1.90 bits per heavy atom. The molecule has 108 valence electrons. The maximum atomic E-state index is 13.7. The molecule has 0 aromatic heterocycles. The number of ether oxygens (including phenoxy) is 1. The van der Waals surface area contributed by atoms with Gasteiger partial charge < -0.3 is 9.84 Å². The van der Waals surface area contributed by atoms with Gasteiger partial charge in [-0.3, -0.25) is 0 Å². The summed E-state index contributed by atoms with van der Waals surface area (Å²) in [6.07, 6.45) is 1.84. The average molecular weight is 355 g/mol. The Hall–Kier alpha value is -2.21. The lowest BCUT2D eigenvalue weighted by atomic mass is 10.1. The van der Waals surface area contributed by atoms with Crippen LogP contribution in [0.25, 0.3) is 6.08 Å². The molecule has 0 atom stereocenters. The van der Waals surface area contributed by atoms with Crippen LogP contribution in [0.4, 0.5) is 8.78 Å². The van der Waals surface area contributed by atoms with E-state index in [0.717, 1.165) is 18.2 Å². The first kappa shape index (κ1) is 15.2. The van der Waals surface area contributed by atoms with Gasteiger partial charge in [0, 0.05) is 10.5 Å². The van der Waals surface area contributed by atoms with Gasteiger partial charge >= 0.3 is 5.97 Å². The van der Waals surface area contributed by atoms with Crippen LogP contribution in [-0.4, -0.2) is 11.1 Å². The van der Waals surface area contributed by atoms with Crippen LogP contribution in [-0.2, 0) is 4.79 Å². The van der Waals surface area contributed by atoms with Gasteiger partial charge in [0.1, 0.15) is 11.6 Å². The van der Waals surface area contributed by atoms with Gasteiger partial charge in [-0.25, -0.2) is 13.6 Å². The highest BCUT2D eigenvalue weighted by molar-refractivity contribution is 9.10. The van der Waals surface area contributed by atoms with E-state index in [0.29, 0.717) is 4.47 Å². The third-order valence-electron chi connectivity index (χ3n) is 2.52. The Bertz CT molecular complexity index is 714. The second-order valence-electron chi connectivity index (χ2n) is 4.00. The van der Waals surface area contributed by atoms with E-state index in [1.807, 2.05) is 0 Å². The van der Waals surface area contributed by atoms with Crippen LogP contribution >= 0.6 is 15.9 Å². The minimum Gasteiger partial charge on any atom is -0.478 e. The minimum atomic E-state index is -1.22. The zero-order valence-electron chi connectivity index (χ0n) is 10.5. The van der Waals surface area contributed by atoms with Crippen molar-refractivity contribution in [2.24, 2.45) is 0 Å². The predicted octanol–water partition coefficient (Wildman–Crippen LogP) is 4.62. The summed E-state index contributed by atoms with van der Waals surface area (Å²) in [5.41, 5.74) is -0.0674. The first-order valence-electron chi connectivity index (χ1n) is 5.80. The van der Waals surface area contributed by atoms with Gasteiger partial charge in [-0.05, 0) is 36.4 Å². The van der Waals surface area contributed by atoms with E-state index in [4.69, 9.17) is 9.84 Å². The lowest BCUT2D eigenvalue weighted by Gasteiger charge is -2.10. The Morgan fingerprint density at radius 1 is 1.14 bits per heavy atom. The van der Waals surface area contributed by atoms with Gasteiger partial charge in [-0.15, -0.1) is 0 Å². The molecule has 0 unspecified atom stereocenters. The number of carboxylic acid groups (broad SMARTS) is 1. The second kappa shape index (κ2) is 6.49. The molecule has 0 radical (unpaired) electrons. The standard InChI is InChI=1S/C15H9BrF2O3/c16-9-4-6-14(12(18)8-9)21-13-3-1-2-11(17)10(13)5-7-15(19)20/h1-8H,(H,19,20)/b7-5+. The van der Waals surface area contributed by atoms with Crippen molar-refractivity contribution in [2.75, 3.05) is 0 Å². The van der Waals surface area contributed by atoms with Gasteiger partial charge in [-0.2, -0.15) is 0 Å². The number of halogens is 3. The number of hydrogen-bond donors (Lipinski definition) is 1. The van der Waals surface area contributed by atoms with E-state index in [1.54, 1.807) is 6.07 Å². The van der Waals surface area contributed by atoms with Gasteiger partial charge in [0.05, 0.1) is 5.56 Å². The number of aliphatic carboxylic acids is 1. The number of carboxylic acids is 1. The molecule has 6 heteroatoms. The van der Waals surface area contributed by atoms with Crippen molar-refractivity contribution in [1.29, 1.82) is 0 Å². The van der Waals surface area contributed by atoms with Crippen molar-refractivity contribution >= 4 is 28.0 Å². The number of carbonyl (C=O) groups is 1. The molecule has 0 aliphatic rings. The molecule has 3 nitrogen and oxygen atoms in total. The summed E-state index contributed by atoms with van der Waals surface area (Å²) in [5.74, 6) is -2.58. The van der Waals surface area contributed by atoms with Crippen molar-refractivity contribution in [3.63, 3.8) is 0 Å². The average Bonchev–Trinajstić information content (AvgIpc) is 2.41. The fraction of sp³-hybridized carbons (Fsp3) is 0. The monoisotopic (exact) mass is 354 g/mol. The predicted molar refractivity (Wildman–Crippen MR) is 77.2 cm³/mol. The Balaban J connectivity index is 2.40. The summed E-state index contributed by atoms with van der Waals surface area (Å²) < 4.78 is 33.3. The molecular formula is C15H9BrF2O3. The maximum Gasteiger partial charge on any atom is 0.328 e. The molecule has 0 fully saturated rings. The van der Waals surface area contributed by atoms with Crippen LogP contribution in [0.5, 0.6) is 11.5 Å². The fourth-order valence-corrected chi connectivity index (χ4v) is 1.93.